The predicted octanol–water partition coefficient (Wildman–Crippen LogP) is 5.80. The summed E-state index contributed by atoms with van der Waals surface area (Å²) in [6.45, 7) is 2.90. The van der Waals surface area contributed by atoms with Gasteiger partial charge in [0.25, 0.3) is 5.91 Å². The summed E-state index contributed by atoms with van der Waals surface area (Å²) in [7, 11) is 0. The molecule has 4 aromatic carbocycles. The Kier molecular flexibility index (Phi) is 5.72. The highest BCUT2D eigenvalue weighted by Crippen LogP contribution is 2.34. The van der Waals surface area contributed by atoms with E-state index >= 15 is 0 Å². The van der Waals surface area contributed by atoms with E-state index in [1.807, 2.05) is 37.3 Å². The Bertz CT molecular complexity index is 1310. The third-order valence-electron chi connectivity index (χ3n) is 5.39. The van der Waals surface area contributed by atoms with Gasteiger partial charge in [-0.1, -0.05) is 36.4 Å². The van der Waals surface area contributed by atoms with Gasteiger partial charge in [-0.3, -0.25) is 4.79 Å². The Hall–Kier alpha value is -4.19. The van der Waals surface area contributed by atoms with Gasteiger partial charge in [0.05, 0.1) is 6.61 Å². The second kappa shape index (κ2) is 9.12. The number of carbonyl (C=O) groups excluding carboxylic acids is 1. The number of amides is 1. The van der Waals surface area contributed by atoms with Gasteiger partial charge >= 0.3 is 0 Å². The molecule has 6 nitrogen and oxygen atoms in total. The number of nitrogens with one attached hydrogen (secondary N) is 1. The smallest absolute Gasteiger partial charge is 0.255 e. The number of carbonyl (C=O) groups is 1. The zero-order valence-corrected chi connectivity index (χ0v) is 18.2. The van der Waals surface area contributed by atoms with Gasteiger partial charge in [-0.2, -0.15) is 0 Å². The standard InChI is InChI=1S/C27H23NO5/c1-2-30-23-12-10-19(27(29)28-21-11-13-25-26(15-21)33-17-32-25)14-20(23)16-31-24-9-5-7-18-6-3-4-8-22(18)24/h3-15H,2,16-17H2,1H3,(H,28,29). The van der Waals surface area contributed by atoms with Crippen LogP contribution in [0.4, 0.5) is 5.69 Å². The molecule has 166 valence electrons. The van der Waals surface area contributed by atoms with E-state index in [0.29, 0.717) is 35.1 Å². The quantitative estimate of drug-likeness (QED) is 0.393. The average Bonchev–Trinajstić information content (AvgIpc) is 3.31. The van der Waals surface area contributed by atoms with E-state index in [4.69, 9.17) is 18.9 Å². The maximum absolute atomic E-state index is 12.9. The lowest BCUT2D eigenvalue weighted by atomic mass is 10.1. The van der Waals surface area contributed by atoms with Gasteiger partial charge in [0.2, 0.25) is 6.79 Å². The fourth-order valence-electron chi connectivity index (χ4n) is 3.78. The van der Waals surface area contributed by atoms with E-state index in [0.717, 1.165) is 22.1 Å². The molecule has 0 unspecified atom stereocenters. The lowest BCUT2D eigenvalue weighted by Gasteiger charge is -2.14. The van der Waals surface area contributed by atoms with Gasteiger partial charge in [0.15, 0.2) is 11.5 Å². The van der Waals surface area contributed by atoms with E-state index in [2.05, 4.69) is 17.4 Å². The first-order chi connectivity index (χ1) is 16.2. The molecule has 0 aliphatic carbocycles. The Morgan fingerprint density at radius 1 is 0.879 bits per heavy atom. The molecule has 0 fully saturated rings. The first kappa shape index (κ1) is 20.7. The van der Waals surface area contributed by atoms with Crippen LogP contribution in [0.5, 0.6) is 23.0 Å². The van der Waals surface area contributed by atoms with Crippen molar-refractivity contribution < 1.29 is 23.7 Å². The summed E-state index contributed by atoms with van der Waals surface area (Å²) in [5, 5.41) is 5.05. The molecule has 1 amide bonds. The minimum atomic E-state index is -0.233. The average molecular weight is 441 g/mol. The monoisotopic (exact) mass is 441 g/mol. The molecule has 0 saturated heterocycles. The van der Waals surface area contributed by atoms with Crippen LogP contribution in [-0.4, -0.2) is 19.3 Å². The maximum Gasteiger partial charge on any atom is 0.255 e. The SMILES string of the molecule is CCOc1ccc(C(=O)Nc2ccc3c(c2)OCO3)cc1COc1cccc2ccccc12. The highest BCUT2D eigenvalue weighted by molar-refractivity contribution is 6.04. The van der Waals surface area contributed by atoms with Crippen molar-refractivity contribution in [2.24, 2.45) is 0 Å². The number of rotatable bonds is 7. The van der Waals surface area contributed by atoms with Crippen LogP contribution in [0, 0.1) is 0 Å². The van der Waals surface area contributed by atoms with Gasteiger partial charge in [0.1, 0.15) is 18.1 Å². The molecule has 0 aromatic heterocycles. The zero-order chi connectivity index (χ0) is 22.6. The first-order valence-corrected chi connectivity index (χ1v) is 10.8. The summed E-state index contributed by atoms with van der Waals surface area (Å²) in [6, 6.07) is 24.7. The molecule has 33 heavy (non-hydrogen) atoms. The molecule has 1 heterocycles. The number of anilines is 1. The largest absolute Gasteiger partial charge is 0.493 e. The lowest BCUT2D eigenvalue weighted by Crippen LogP contribution is -2.13. The molecule has 1 N–H and O–H groups in total. The summed E-state index contributed by atoms with van der Waals surface area (Å²) >= 11 is 0. The number of hydrogen-bond donors (Lipinski definition) is 1. The minimum absolute atomic E-state index is 0.186. The van der Waals surface area contributed by atoms with Crippen LogP contribution >= 0.6 is 0 Å². The second-order valence-corrected chi connectivity index (χ2v) is 7.54. The van der Waals surface area contributed by atoms with Crippen molar-refractivity contribution in [2.75, 3.05) is 18.7 Å². The first-order valence-electron chi connectivity index (χ1n) is 10.8. The number of fused-ring (bicyclic) bond motifs is 2. The molecular weight excluding hydrogens is 418 g/mol. The van der Waals surface area contributed by atoms with Gasteiger partial charge in [0, 0.05) is 28.3 Å². The van der Waals surface area contributed by atoms with Crippen molar-refractivity contribution in [1.29, 1.82) is 0 Å². The lowest BCUT2D eigenvalue weighted by molar-refractivity contribution is 0.102. The highest BCUT2D eigenvalue weighted by atomic mass is 16.7. The van der Waals surface area contributed by atoms with Crippen molar-refractivity contribution >= 4 is 22.4 Å². The van der Waals surface area contributed by atoms with Crippen LogP contribution in [0.2, 0.25) is 0 Å². The molecule has 1 aliphatic heterocycles. The van der Waals surface area contributed by atoms with Crippen LogP contribution in [0.1, 0.15) is 22.8 Å². The van der Waals surface area contributed by atoms with E-state index in [9.17, 15) is 4.79 Å². The van der Waals surface area contributed by atoms with Gasteiger partial charge < -0.3 is 24.3 Å². The van der Waals surface area contributed by atoms with E-state index in [1.54, 1.807) is 36.4 Å². The Balaban J connectivity index is 1.37. The second-order valence-electron chi connectivity index (χ2n) is 7.54. The zero-order valence-electron chi connectivity index (χ0n) is 18.2. The Labute approximate surface area is 191 Å². The van der Waals surface area contributed by atoms with Crippen molar-refractivity contribution in [3.8, 4) is 23.0 Å². The van der Waals surface area contributed by atoms with Crippen LogP contribution in [0.3, 0.4) is 0 Å². The van der Waals surface area contributed by atoms with Crippen LogP contribution in [0.15, 0.2) is 78.9 Å². The molecule has 5 rings (SSSR count). The van der Waals surface area contributed by atoms with E-state index in [1.165, 1.54) is 0 Å². The summed E-state index contributed by atoms with van der Waals surface area (Å²) in [5.41, 5.74) is 1.93. The third-order valence-corrected chi connectivity index (χ3v) is 5.39. The van der Waals surface area contributed by atoms with E-state index < -0.39 is 0 Å². The Morgan fingerprint density at radius 3 is 2.64 bits per heavy atom. The van der Waals surface area contributed by atoms with Crippen molar-refractivity contribution in [1.82, 2.24) is 0 Å². The molecule has 0 radical (unpaired) electrons. The predicted molar refractivity (Wildman–Crippen MR) is 126 cm³/mol. The molecule has 4 aromatic rings. The third kappa shape index (κ3) is 4.41. The topological polar surface area (TPSA) is 66.0 Å². The summed E-state index contributed by atoms with van der Waals surface area (Å²) < 4.78 is 22.6. The van der Waals surface area contributed by atoms with Crippen molar-refractivity contribution in [3.63, 3.8) is 0 Å². The fourth-order valence-corrected chi connectivity index (χ4v) is 3.78. The normalized spacial score (nSPS) is 11.9. The summed E-state index contributed by atoms with van der Waals surface area (Å²) in [6.07, 6.45) is 0. The summed E-state index contributed by atoms with van der Waals surface area (Å²) in [5.74, 6) is 2.53. The van der Waals surface area contributed by atoms with Crippen molar-refractivity contribution in [3.05, 3.63) is 90.0 Å². The number of benzene rings is 4. The minimum Gasteiger partial charge on any atom is -0.493 e. The molecule has 6 heteroatoms. The number of hydrogen-bond acceptors (Lipinski definition) is 5. The fraction of sp³-hybridized carbons (Fsp3) is 0.148. The van der Waals surface area contributed by atoms with Crippen LogP contribution < -0.4 is 24.3 Å². The molecule has 0 spiro atoms. The van der Waals surface area contributed by atoms with Crippen LogP contribution in [-0.2, 0) is 6.61 Å². The van der Waals surface area contributed by atoms with Gasteiger partial charge in [-0.05, 0) is 48.7 Å². The van der Waals surface area contributed by atoms with Gasteiger partial charge in [-0.15, -0.1) is 0 Å². The Morgan fingerprint density at radius 2 is 1.73 bits per heavy atom. The summed E-state index contributed by atoms with van der Waals surface area (Å²) in [4.78, 5) is 12.9. The molecule has 0 bridgehead atoms. The van der Waals surface area contributed by atoms with Crippen molar-refractivity contribution in [2.45, 2.75) is 13.5 Å². The molecule has 1 aliphatic rings. The molecule has 0 atom stereocenters. The molecular formula is C27H23NO5. The molecule has 0 saturated carbocycles. The van der Waals surface area contributed by atoms with E-state index in [-0.39, 0.29) is 19.3 Å². The maximum atomic E-state index is 12.9. The van der Waals surface area contributed by atoms with Gasteiger partial charge in [-0.25, -0.2) is 0 Å². The highest BCUT2D eigenvalue weighted by Gasteiger charge is 2.16. The number of ether oxygens (including phenoxy) is 4. The van der Waals surface area contributed by atoms with Crippen LogP contribution in [0.25, 0.3) is 10.8 Å².